The Hall–Kier alpha value is -1.78. The molecule has 80 valence electrons. The van der Waals surface area contributed by atoms with Gasteiger partial charge in [0, 0.05) is 31.0 Å². The van der Waals surface area contributed by atoms with Crippen LogP contribution in [0.2, 0.25) is 0 Å². The van der Waals surface area contributed by atoms with Crippen LogP contribution >= 0.6 is 0 Å². The number of anilines is 1. The molecule has 2 aromatic heterocycles. The van der Waals surface area contributed by atoms with Crippen LogP contribution in [-0.4, -0.2) is 19.6 Å². The molecule has 0 unspecified atom stereocenters. The smallest absolute Gasteiger partial charge is 0.119 e. The predicted octanol–water partition coefficient (Wildman–Crippen LogP) is 1.19. The third-order valence-corrected chi connectivity index (χ3v) is 2.60. The minimum Gasteiger partial charge on any atom is -0.396 e. The van der Waals surface area contributed by atoms with Gasteiger partial charge in [0.2, 0.25) is 0 Å². The summed E-state index contributed by atoms with van der Waals surface area (Å²) in [5.41, 5.74) is 9.50. The van der Waals surface area contributed by atoms with E-state index in [4.69, 9.17) is 5.73 Å². The molecule has 0 aliphatic heterocycles. The first-order valence-electron chi connectivity index (χ1n) is 4.95. The molecule has 2 N–H and O–H groups in total. The first kappa shape index (κ1) is 9.76. The van der Waals surface area contributed by atoms with Crippen LogP contribution < -0.4 is 5.73 Å². The molecule has 0 radical (unpaired) electrons. The fourth-order valence-electron chi connectivity index (χ4n) is 1.54. The van der Waals surface area contributed by atoms with Gasteiger partial charge in [-0.3, -0.25) is 9.36 Å². The molecule has 2 heterocycles. The highest BCUT2D eigenvalue weighted by Gasteiger charge is 2.13. The quantitative estimate of drug-likeness (QED) is 0.801. The van der Waals surface area contributed by atoms with Crippen LogP contribution in [0.4, 0.5) is 5.69 Å². The minimum atomic E-state index is 0.702. The van der Waals surface area contributed by atoms with Gasteiger partial charge in [-0.2, -0.15) is 10.2 Å². The molecule has 0 aliphatic carbocycles. The summed E-state index contributed by atoms with van der Waals surface area (Å²) in [5, 5.41) is 8.59. The first-order chi connectivity index (χ1) is 7.13. The molecule has 5 heteroatoms. The number of hydrogen-bond donors (Lipinski definition) is 1. The summed E-state index contributed by atoms with van der Waals surface area (Å²) in [6.45, 7) is 4.86. The van der Waals surface area contributed by atoms with Crippen molar-refractivity contribution in [3.05, 3.63) is 18.1 Å². The zero-order valence-corrected chi connectivity index (χ0v) is 9.23. The summed E-state index contributed by atoms with van der Waals surface area (Å²) in [4.78, 5) is 0. The maximum absolute atomic E-state index is 5.91. The zero-order valence-electron chi connectivity index (χ0n) is 9.23. The SMILES string of the molecule is CCn1cc(N)c(-c2cnn(C)c2C)n1. The van der Waals surface area contributed by atoms with Gasteiger partial charge in [-0.1, -0.05) is 0 Å². The van der Waals surface area contributed by atoms with E-state index >= 15 is 0 Å². The van der Waals surface area contributed by atoms with Gasteiger partial charge in [0.25, 0.3) is 0 Å². The second kappa shape index (κ2) is 3.42. The molecule has 0 fully saturated rings. The largest absolute Gasteiger partial charge is 0.396 e. The van der Waals surface area contributed by atoms with Crippen molar-refractivity contribution >= 4 is 5.69 Å². The average Bonchev–Trinajstić information content (AvgIpc) is 2.73. The fourth-order valence-corrected chi connectivity index (χ4v) is 1.54. The molecule has 0 atom stereocenters. The van der Waals surface area contributed by atoms with Crippen LogP contribution in [-0.2, 0) is 13.6 Å². The van der Waals surface area contributed by atoms with Crippen molar-refractivity contribution in [3.63, 3.8) is 0 Å². The average molecular weight is 205 g/mol. The highest BCUT2D eigenvalue weighted by atomic mass is 15.3. The van der Waals surface area contributed by atoms with E-state index in [0.29, 0.717) is 5.69 Å². The van der Waals surface area contributed by atoms with Gasteiger partial charge in [-0.25, -0.2) is 0 Å². The van der Waals surface area contributed by atoms with Gasteiger partial charge >= 0.3 is 0 Å². The molecule has 2 aromatic rings. The number of nitrogens with two attached hydrogens (primary N) is 1. The van der Waals surface area contributed by atoms with Crippen LogP contribution in [0.25, 0.3) is 11.3 Å². The van der Waals surface area contributed by atoms with Crippen LogP contribution in [0, 0.1) is 6.92 Å². The fraction of sp³-hybridized carbons (Fsp3) is 0.400. The lowest BCUT2D eigenvalue weighted by molar-refractivity contribution is 0.662. The van der Waals surface area contributed by atoms with Gasteiger partial charge in [-0.05, 0) is 13.8 Å². The van der Waals surface area contributed by atoms with E-state index in [1.165, 1.54) is 0 Å². The standard InChI is InChI=1S/C10H15N5/c1-4-15-6-9(11)10(13-15)8-5-12-14(3)7(8)2/h5-6H,4,11H2,1-3H3. The van der Waals surface area contributed by atoms with Crippen molar-refractivity contribution in [3.8, 4) is 11.3 Å². The lowest BCUT2D eigenvalue weighted by atomic mass is 10.2. The van der Waals surface area contributed by atoms with Crippen molar-refractivity contribution in [1.82, 2.24) is 19.6 Å². The molecule has 0 saturated heterocycles. The summed E-state index contributed by atoms with van der Waals surface area (Å²) >= 11 is 0. The second-order valence-corrected chi connectivity index (χ2v) is 3.56. The number of nitrogens with zero attached hydrogens (tertiary/aromatic N) is 4. The molecular formula is C10H15N5. The van der Waals surface area contributed by atoms with Crippen molar-refractivity contribution in [2.75, 3.05) is 5.73 Å². The van der Waals surface area contributed by atoms with Crippen molar-refractivity contribution in [2.45, 2.75) is 20.4 Å². The Morgan fingerprint density at radius 2 is 2.20 bits per heavy atom. The Bertz CT molecular complexity index is 480. The Labute approximate surface area is 88.5 Å². The molecule has 5 nitrogen and oxygen atoms in total. The monoisotopic (exact) mass is 205 g/mol. The Morgan fingerprint density at radius 3 is 2.67 bits per heavy atom. The van der Waals surface area contributed by atoms with Crippen LogP contribution in [0.5, 0.6) is 0 Å². The van der Waals surface area contributed by atoms with E-state index in [1.807, 2.05) is 36.5 Å². The maximum atomic E-state index is 5.91. The van der Waals surface area contributed by atoms with Gasteiger partial charge in [0.05, 0.1) is 11.9 Å². The van der Waals surface area contributed by atoms with Crippen LogP contribution in [0.15, 0.2) is 12.4 Å². The first-order valence-corrected chi connectivity index (χ1v) is 4.95. The predicted molar refractivity (Wildman–Crippen MR) is 59.3 cm³/mol. The third kappa shape index (κ3) is 1.49. The van der Waals surface area contributed by atoms with Crippen molar-refractivity contribution in [2.24, 2.45) is 7.05 Å². The Kier molecular flexibility index (Phi) is 2.22. The number of hydrogen-bond acceptors (Lipinski definition) is 3. The number of nitrogen functional groups attached to an aromatic ring is 1. The van der Waals surface area contributed by atoms with E-state index in [1.54, 1.807) is 6.20 Å². The van der Waals surface area contributed by atoms with Gasteiger partial charge in [0.1, 0.15) is 5.69 Å². The van der Waals surface area contributed by atoms with Gasteiger partial charge in [-0.15, -0.1) is 0 Å². The highest BCUT2D eigenvalue weighted by molar-refractivity contribution is 5.73. The summed E-state index contributed by atoms with van der Waals surface area (Å²) in [6, 6.07) is 0. The van der Waals surface area contributed by atoms with E-state index in [2.05, 4.69) is 10.2 Å². The molecule has 15 heavy (non-hydrogen) atoms. The topological polar surface area (TPSA) is 61.7 Å². The minimum absolute atomic E-state index is 0.702. The molecular weight excluding hydrogens is 190 g/mol. The summed E-state index contributed by atoms with van der Waals surface area (Å²) < 4.78 is 3.65. The molecule has 0 spiro atoms. The van der Waals surface area contributed by atoms with E-state index in [0.717, 1.165) is 23.5 Å². The molecule has 0 aromatic carbocycles. The van der Waals surface area contributed by atoms with Gasteiger partial charge in [0.15, 0.2) is 0 Å². The number of aryl methyl sites for hydroxylation is 2. The van der Waals surface area contributed by atoms with Crippen LogP contribution in [0.1, 0.15) is 12.6 Å². The lowest BCUT2D eigenvalue weighted by Crippen LogP contribution is -1.95. The van der Waals surface area contributed by atoms with Crippen molar-refractivity contribution < 1.29 is 0 Å². The maximum Gasteiger partial charge on any atom is 0.119 e. The molecule has 0 saturated carbocycles. The summed E-state index contributed by atoms with van der Waals surface area (Å²) in [5.74, 6) is 0. The lowest BCUT2D eigenvalue weighted by Gasteiger charge is -1.97. The Morgan fingerprint density at radius 1 is 1.47 bits per heavy atom. The van der Waals surface area contributed by atoms with Gasteiger partial charge < -0.3 is 5.73 Å². The summed E-state index contributed by atoms with van der Waals surface area (Å²) in [7, 11) is 1.91. The zero-order chi connectivity index (χ0) is 11.0. The molecule has 0 aliphatic rings. The van der Waals surface area contributed by atoms with E-state index < -0.39 is 0 Å². The Balaban J connectivity index is 2.53. The van der Waals surface area contributed by atoms with E-state index in [9.17, 15) is 0 Å². The third-order valence-electron chi connectivity index (χ3n) is 2.60. The number of rotatable bonds is 2. The molecule has 0 amide bonds. The van der Waals surface area contributed by atoms with Crippen molar-refractivity contribution in [1.29, 1.82) is 0 Å². The van der Waals surface area contributed by atoms with Crippen LogP contribution in [0.3, 0.4) is 0 Å². The molecule has 0 bridgehead atoms. The normalized spacial score (nSPS) is 10.9. The second-order valence-electron chi connectivity index (χ2n) is 3.56. The highest BCUT2D eigenvalue weighted by Crippen LogP contribution is 2.26. The molecule has 2 rings (SSSR count). The number of aromatic nitrogens is 4. The van der Waals surface area contributed by atoms with E-state index in [-0.39, 0.29) is 0 Å². The summed E-state index contributed by atoms with van der Waals surface area (Å²) in [6.07, 6.45) is 3.65.